The Labute approximate surface area is 124 Å². The first-order valence-corrected chi connectivity index (χ1v) is 8.77. The topological polar surface area (TPSA) is 0 Å². The van der Waals surface area contributed by atoms with E-state index in [9.17, 15) is 0 Å². The summed E-state index contributed by atoms with van der Waals surface area (Å²) in [6.07, 6.45) is 11.4. The first kappa shape index (κ1) is 19.1. The zero-order valence-electron chi connectivity index (χ0n) is 14.9. The zero-order chi connectivity index (χ0) is 14.9. The second-order valence-electron chi connectivity index (χ2n) is 8.20. The highest BCUT2D eigenvalue weighted by Gasteiger charge is 2.24. The number of rotatable bonds is 11. The summed E-state index contributed by atoms with van der Waals surface area (Å²) in [6.45, 7) is 14.3. The van der Waals surface area contributed by atoms with Crippen LogP contribution in [0.25, 0.3) is 0 Å². The van der Waals surface area contributed by atoms with Crippen LogP contribution in [-0.4, -0.2) is 7.85 Å². The standard InChI is InChI=1S/C18H39B/c1-7-17(18(5,6)19)14-16(4)13-11-9-8-10-12-15(2)3/h15-17H,7-14,19H2,1-6H3. The van der Waals surface area contributed by atoms with E-state index in [1.165, 1.54) is 51.4 Å². The summed E-state index contributed by atoms with van der Waals surface area (Å²) in [7, 11) is 2.40. The van der Waals surface area contributed by atoms with Gasteiger partial charge in [0.1, 0.15) is 7.85 Å². The monoisotopic (exact) mass is 266 g/mol. The second kappa shape index (κ2) is 9.89. The van der Waals surface area contributed by atoms with E-state index in [1.54, 1.807) is 0 Å². The number of unbranched alkanes of at least 4 members (excludes halogenated alkanes) is 3. The molecule has 0 aliphatic rings. The van der Waals surface area contributed by atoms with Crippen molar-refractivity contribution in [3.05, 3.63) is 0 Å². The quantitative estimate of drug-likeness (QED) is 0.324. The lowest BCUT2D eigenvalue weighted by atomic mass is 9.60. The van der Waals surface area contributed by atoms with Crippen molar-refractivity contribution in [3.63, 3.8) is 0 Å². The molecule has 0 radical (unpaired) electrons. The summed E-state index contributed by atoms with van der Waals surface area (Å²) < 4.78 is 0. The van der Waals surface area contributed by atoms with Crippen LogP contribution in [0.15, 0.2) is 0 Å². The Hall–Kier alpha value is 0.0649. The van der Waals surface area contributed by atoms with Crippen molar-refractivity contribution in [2.75, 3.05) is 0 Å². The van der Waals surface area contributed by atoms with Crippen LogP contribution in [0.3, 0.4) is 0 Å². The molecular weight excluding hydrogens is 227 g/mol. The molecule has 0 aliphatic heterocycles. The van der Waals surface area contributed by atoms with Gasteiger partial charge in [0.15, 0.2) is 0 Å². The Morgan fingerprint density at radius 3 is 1.84 bits per heavy atom. The first-order valence-electron chi connectivity index (χ1n) is 8.77. The lowest BCUT2D eigenvalue weighted by Gasteiger charge is -2.32. The van der Waals surface area contributed by atoms with Crippen LogP contribution in [0, 0.1) is 17.8 Å². The smallest absolute Gasteiger partial charge is 0.0669 e. The van der Waals surface area contributed by atoms with Gasteiger partial charge in [0.05, 0.1) is 0 Å². The Morgan fingerprint density at radius 2 is 1.42 bits per heavy atom. The van der Waals surface area contributed by atoms with Crippen molar-refractivity contribution in [1.82, 2.24) is 0 Å². The molecule has 2 atom stereocenters. The maximum atomic E-state index is 2.46. The highest BCUT2D eigenvalue weighted by Crippen LogP contribution is 2.38. The summed E-state index contributed by atoms with van der Waals surface area (Å²) in [4.78, 5) is 0. The lowest BCUT2D eigenvalue weighted by Crippen LogP contribution is -2.19. The molecule has 0 saturated carbocycles. The van der Waals surface area contributed by atoms with E-state index in [4.69, 9.17) is 0 Å². The van der Waals surface area contributed by atoms with E-state index < -0.39 is 0 Å². The molecule has 19 heavy (non-hydrogen) atoms. The van der Waals surface area contributed by atoms with Crippen molar-refractivity contribution < 1.29 is 0 Å². The zero-order valence-corrected chi connectivity index (χ0v) is 14.9. The van der Waals surface area contributed by atoms with Gasteiger partial charge in [-0.1, -0.05) is 91.8 Å². The van der Waals surface area contributed by atoms with Crippen molar-refractivity contribution in [2.45, 2.75) is 98.2 Å². The van der Waals surface area contributed by atoms with Gasteiger partial charge in [-0.2, -0.15) is 0 Å². The van der Waals surface area contributed by atoms with Crippen LogP contribution in [0.2, 0.25) is 5.31 Å². The molecule has 0 nitrogen and oxygen atoms in total. The molecule has 0 spiro atoms. The molecule has 0 rings (SSSR count). The van der Waals surface area contributed by atoms with Crippen LogP contribution in [0.4, 0.5) is 0 Å². The Morgan fingerprint density at radius 1 is 0.895 bits per heavy atom. The van der Waals surface area contributed by atoms with Crippen LogP contribution in [0.1, 0.15) is 92.9 Å². The summed E-state index contributed by atoms with van der Waals surface area (Å²) in [6, 6.07) is 0. The molecule has 0 saturated heterocycles. The minimum absolute atomic E-state index is 0.486. The summed E-state index contributed by atoms with van der Waals surface area (Å²) in [5, 5.41) is 0.486. The molecule has 2 unspecified atom stereocenters. The molecule has 114 valence electrons. The number of hydrogen-bond acceptors (Lipinski definition) is 0. The largest absolute Gasteiger partial charge is 0.109 e. The number of hydrogen-bond donors (Lipinski definition) is 0. The molecule has 0 fully saturated rings. The fraction of sp³-hybridized carbons (Fsp3) is 1.00. The minimum atomic E-state index is 0.486. The van der Waals surface area contributed by atoms with E-state index in [1.807, 2.05) is 0 Å². The van der Waals surface area contributed by atoms with Gasteiger partial charge < -0.3 is 0 Å². The normalized spacial score (nSPS) is 15.7. The predicted molar refractivity (Wildman–Crippen MR) is 92.7 cm³/mol. The van der Waals surface area contributed by atoms with Crippen LogP contribution < -0.4 is 0 Å². The summed E-state index contributed by atoms with van der Waals surface area (Å²) in [5.74, 6) is 2.69. The van der Waals surface area contributed by atoms with Gasteiger partial charge in [0.2, 0.25) is 0 Å². The molecule has 0 aromatic rings. The molecule has 0 amide bonds. The van der Waals surface area contributed by atoms with Crippen molar-refractivity contribution in [3.8, 4) is 0 Å². The fourth-order valence-electron chi connectivity index (χ4n) is 3.14. The molecule has 0 N–H and O–H groups in total. The second-order valence-corrected chi connectivity index (χ2v) is 8.20. The van der Waals surface area contributed by atoms with Crippen molar-refractivity contribution in [2.24, 2.45) is 17.8 Å². The third-order valence-electron chi connectivity index (χ3n) is 4.63. The molecule has 0 bridgehead atoms. The minimum Gasteiger partial charge on any atom is -0.0669 e. The average molecular weight is 266 g/mol. The SMILES string of the molecule is BC(C)(C)C(CC)CC(C)CCCCCCC(C)C. The van der Waals surface area contributed by atoms with E-state index in [2.05, 4.69) is 49.4 Å². The highest BCUT2D eigenvalue weighted by atomic mass is 14.3. The van der Waals surface area contributed by atoms with Crippen LogP contribution >= 0.6 is 0 Å². The van der Waals surface area contributed by atoms with Crippen LogP contribution in [-0.2, 0) is 0 Å². The molecule has 0 aromatic heterocycles. The Kier molecular flexibility index (Phi) is 9.92. The van der Waals surface area contributed by atoms with Gasteiger partial charge in [-0.05, 0) is 24.2 Å². The molecule has 0 aromatic carbocycles. The molecule has 0 heterocycles. The first-order chi connectivity index (χ1) is 8.77. The fourth-order valence-corrected chi connectivity index (χ4v) is 3.14. The maximum absolute atomic E-state index is 2.46. The molecule has 0 aliphatic carbocycles. The van der Waals surface area contributed by atoms with E-state index >= 15 is 0 Å². The molecular formula is C18H39B. The van der Waals surface area contributed by atoms with Gasteiger partial charge in [-0.3, -0.25) is 0 Å². The van der Waals surface area contributed by atoms with Crippen molar-refractivity contribution >= 4 is 7.85 Å². The Bertz CT molecular complexity index is 202. The van der Waals surface area contributed by atoms with Crippen LogP contribution in [0.5, 0.6) is 0 Å². The third kappa shape index (κ3) is 10.5. The third-order valence-corrected chi connectivity index (χ3v) is 4.63. The van der Waals surface area contributed by atoms with E-state index in [-0.39, 0.29) is 0 Å². The predicted octanol–water partition coefficient (Wildman–Crippen LogP) is 5.87. The highest BCUT2D eigenvalue weighted by molar-refractivity contribution is 6.14. The van der Waals surface area contributed by atoms with Gasteiger partial charge in [-0.15, -0.1) is 0 Å². The average Bonchev–Trinajstić information content (AvgIpc) is 2.28. The van der Waals surface area contributed by atoms with Gasteiger partial charge in [-0.25, -0.2) is 0 Å². The van der Waals surface area contributed by atoms with Gasteiger partial charge in [0, 0.05) is 0 Å². The van der Waals surface area contributed by atoms with Gasteiger partial charge >= 0.3 is 0 Å². The summed E-state index contributed by atoms with van der Waals surface area (Å²) >= 11 is 0. The Balaban J connectivity index is 3.66. The maximum Gasteiger partial charge on any atom is 0.109 e. The summed E-state index contributed by atoms with van der Waals surface area (Å²) in [5.41, 5.74) is 0. The van der Waals surface area contributed by atoms with Crippen molar-refractivity contribution in [1.29, 1.82) is 0 Å². The van der Waals surface area contributed by atoms with E-state index in [0.717, 1.165) is 17.8 Å². The van der Waals surface area contributed by atoms with E-state index in [0.29, 0.717) is 5.31 Å². The lowest BCUT2D eigenvalue weighted by molar-refractivity contribution is 0.298. The van der Waals surface area contributed by atoms with Gasteiger partial charge in [0.25, 0.3) is 0 Å². The molecule has 1 heteroatoms.